The van der Waals surface area contributed by atoms with Crippen LogP contribution < -0.4 is 0 Å². The summed E-state index contributed by atoms with van der Waals surface area (Å²) in [7, 11) is 0. The van der Waals surface area contributed by atoms with Crippen molar-refractivity contribution in [3.05, 3.63) is 48.6 Å². The van der Waals surface area contributed by atoms with E-state index in [0.717, 1.165) is 12.0 Å². The molecule has 0 aromatic heterocycles. The maximum atomic E-state index is 12.4. The molecule has 0 heterocycles. The lowest BCUT2D eigenvalue weighted by Crippen LogP contribution is -2.37. The Balaban J connectivity index is 2.09. The average molecular weight is 257 g/mol. The molecular weight excluding hydrogens is 238 g/mol. The highest BCUT2D eigenvalue weighted by Gasteiger charge is 2.33. The summed E-state index contributed by atoms with van der Waals surface area (Å²) in [4.78, 5) is 25.8. The molecule has 1 amide bonds. The Morgan fingerprint density at radius 3 is 2.68 bits per heavy atom. The predicted molar refractivity (Wildman–Crippen MR) is 74.4 cm³/mol. The van der Waals surface area contributed by atoms with Gasteiger partial charge in [0.05, 0.1) is 5.92 Å². The van der Waals surface area contributed by atoms with Crippen LogP contribution in [0.25, 0.3) is 0 Å². The summed E-state index contributed by atoms with van der Waals surface area (Å²) in [6.45, 7) is 4.71. The van der Waals surface area contributed by atoms with E-state index in [1.807, 2.05) is 30.3 Å². The van der Waals surface area contributed by atoms with Gasteiger partial charge in [0, 0.05) is 19.5 Å². The maximum absolute atomic E-state index is 12.4. The van der Waals surface area contributed by atoms with Crippen LogP contribution in [0.2, 0.25) is 0 Å². The van der Waals surface area contributed by atoms with Crippen LogP contribution in [0.1, 0.15) is 24.8 Å². The summed E-state index contributed by atoms with van der Waals surface area (Å²) in [6, 6.07) is 9.82. The van der Waals surface area contributed by atoms with Crippen molar-refractivity contribution in [3.8, 4) is 0 Å². The van der Waals surface area contributed by atoms with Crippen molar-refractivity contribution in [3.63, 3.8) is 0 Å². The van der Waals surface area contributed by atoms with Crippen molar-refractivity contribution in [2.24, 2.45) is 5.92 Å². The van der Waals surface area contributed by atoms with E-state index in [2.05, 4.69) is 6.58 Å². The van der Waals surface area contributed by atoms with Gasteiger partial charge in [0.1, 0.15) is 5.78 Å². The molecule has 0 aliphatic heterocycles. The summed E-state index contributed by atoms with van der Waals surface area (Å²) >= 11 is 0. The zero-order valence-electron chi connectivity index (χ0n) is 11.0. The smallest absolute Gasteiger partial charge is 0.233 e. The van der Waals surface area contributed by atoms with E-state index in [1.54, 1.807) is 11.0 Å². The van der Waals surface area contributed by atoms with Crippen LogP contribution in [0, 0.1) is 5.92 Å². The van der Waals surface area contributed by atoms with E-state index in [0.29, 0.717) is 25.9 Å². The van der Waals surface area contributed by atoms with Gasteiger partial charge in [0.25, 0.3) is 0 Å². The van der Waals surface area contributed by atoms with Crippen LogP contribution in [-0.4, -0.2) is 23.1 Å². The lowest BCUT2D eigenvalue weighted by atomic mass is 10.0. The summed E-state index contributed by atoms with van der Waals surface area (Å²) in [5.41, 5.74) is 1.07. The maximum Gasteiger partial charge on any atom is 0.233 e. The SMILES string of the molecule is C=CCN(Cc1ccccc1)C(=O)C1CCCC1=O. The highest BCUT2D eigenvalue weighted by Crippen LogP contribution is 2.24. The minimum absolute atomic E-state index is 0.0498. The molecule has 1 fully saturated rings. The highest BCUT2D eigenvalue weighted by molar-refractivity contribution is 6.02. The van der Waals surface area contributed by atoms with Gasteiger partial charge in [-0.2, -0.15) is 0 Å². The average Bonchev–Trinajstić information content (AvgIpc) is 2.85. The number of nitrogens with zero attached hydrogens (tertiary/aromatic N) is 1. The van der Waals surface area contributed by atoms with Crippen molar-refractivity contribution in [2.75, 3.05) is 6.54 Å². The fourth-order valence-electron chi connectivity index (χ4n) is 2.49. The van der Waals surface area contributed by atoms with Gasteiger partial charge in [-0.3, -0.25) is 9.59 Å². The Morgan fingerprint density at radius 1 is 1.37 bits per heavy atom. The van der Waals surface area contributed by atoms with Crippen molar-refractivity contribution in [1.82, 2.24) is 4.90 Å². The number of carbonyl (C=O) groups excluding carboxylic acids is 2. The zero-order chi connectivity index (χ0) is 13.7. The molecule has 0 saturated heterocycles. The molecule has 1 aromatic rings. The zero-order valence-corrected chi connectivity index (χ0v) is 11.0. The second kappa shape index (κ2) is 6.32. The molecule has 1 aliphatic rings. The van der Waals surface area contributed by atoms with Crippen LogP contribution in [0.4, 0.5) is 0 Å². The third-order valence-corrected chi connectivity index (χ3v) is 3.48. The molecule has 3 nitrogen and oxygen atoms in total. The van der Waals surface area contributed by atoms with Crippen LogP contribution in [0.15, 0.2) is 43.0 Å². The van der Waals surface area contributed by atoms with E-state index < -0.39 is 5.92 Å². The second-order valence-corrected chi connectivity index (χ2v) is 4.90. The number of rotatable bonds is 5. The Kier molecular flexibility index (Phi) is 4.50. The number of amides is 1. The minimum Gasteiger partial charge on any atom is -0.334 e. The van der Waals surface area contributed by atoms with E-state index >= 15 is 0 Å². The molecular formula is C16H19NO2. The molecule has 1 aliphatic carbocycles. The summed E-state index contributed by atoms with van der Waals surface area (Å²) in [5, 5.41) is 0. The third-order valence-electron chi connectivity index (χ3n) is 3.48. The molecule has 2 rings (SSSR count). The predicted octanol–water partition coefficient (Wildman–Crippen LogP) is 2.57. The Bertz CT molecular complexity index is 467. The van der Waals surface area contributed by atoms with Gasteiger partial charge in [-0.1, -0.05) is 36.4 Å². The Hall–Kier alpha value is -1.90. The molecule has 1 unspecified atom stereocenters. The Labute approximate surface area is 113 Å². The molecule has 0 N–H and O–H groups in total. The van der Waals surface area contributed by atoms with Crippen LogP contribution in [0.5, 0.6) is 0 Å². The molecule has 100 valence electrons. The molecule has 1 saturated carbocycles. The number of hydrogen-bond donors (Lipinski definition) is 0. The van der Waals surface area contributed by atoms with Gasteiger partial charge in [0.2, 0.25) is 5.91 Å². The standard InChI is InChI=1S/C16H19NO2/c1-2-11-17(12-13-7-4-3-5-8-13)16(19)14-9-6-10-15(14)18/h2-5,7-8,14H,1,6,9-12H2. The molecule has 19 heavy (non-hydrogen) atoms. The number of carbonyl (C=O) groups is 2. The van der Waals surface area contributed by atoms with Gasteiger partial charge < -0.3 is 4.90 Å². The normalized spacial score (nSPS) is 18.3. The van der Waals surface area contributed by atoms with E-state index in [9.17, 15) is 9.59 Å². The van der Waals surface area contributed by atoms with Crippen molar-refractivity contribution < 1.29 is 9.59 Å². The first-order valence-corrected chi connectivity index (χ1v) is 6.68. The first-order valence-electron chi connectivity index (χ1n) is 6.68. The number of ketones is 1. The summed E-state index contributed by atoms with van der Waals surface area (Å²) in [6.07, 6.45) is 3.78. The molecule has 0 bridgehead atoms. The molecule has 0 spiro atoms. The number of hydrogen-bond acceptors (Lipinski definition) is 2. The third kappa shape index (κ3) is 3.31. The first-order chi connectivity index (χ1) is 9.22. The Morgan fingerprint density at radius 2 is 2.11 bits per heavy atom. The van der Waals surface area contributed by atoms with Crippen LogP contribution in [0.3, 0.4) is 0 Å². The van der Waals surface area contributed by atoms with E-state index in [1.165, 1.54) is 0 Å². The lowest BCUT2D eigenvalue weighted by Gasteiger charge is -2.24. The van der Waals surface area contributed by atoms with E-state index in [4.69, 9.17) is 0 Å². The fourth-order valence-corrected chi connectivity index (χ4v) is 2.49. The van der Waals surface area contributed by atoms with Crippen molar-refractivity contribution in [1.29, 1.82) is 0 Å². The van der Waals surface area contributed by atoms with Gasteiger partial charge >= 0.3 is 0 Å². The quantitative estimate of drug-likeness (QED) is 0.600. The fraction of sp³-hybridized carbons (Fsp3) is 0.375. The highest BCUT2D eigenvalue weighted by atomic mass is 16.2. The van der Waals surface area contributed by atoms with Gasteiger partial charge in [-0.25, -0.2) is 0 Å². The summed E-state index contributed by atoms with van der Waals surface area (Å²) < 4.78 is 0. The number of Topliss-reactive ketones (excluding diaryl/α,β-unsaturated/α-hetero) is 1. The van der Waals surface area contributed by atoms with Gasteiger partial charge in [-0.15, -0.1) is 6.58 Å². The second-order valence-electron chi connectivity index (χ2n) is 4.90. The summed E-state index contributed by atoms with van der Waals surface area (Å²) in [5.74, 6) is -0.387. The van der Waals surface area contributed by atoms with Gasteiger partial charge in [0.15, 0.2) is 0 Å². The first kappa shape index (κ1) is 13.5. The monoisotopic (exact) mass is 257 g/mol. The lowest BCUT2D eigenvalue weighted by molar-refractivity contribution is -0.140. The molecule has 1 atom stereocenters. The van der Waals surface area contributed by atoms with Gasteiger partial charge in [-0.05, 0) is 18.4 Å². The number of benzene rings is 1. The molecule has 1 aromatic carbocycles. The van der Waals surface area contributed by atoms with Crippen LogP contribution in [-0.2, 0) is 16.1 Å². The molecule has 3 heteroatoms. The van der Waals surface area contributed by atoms with E-state index in [-0.39, 0.29) is 11.7 Å². The largest absolute Gasteiger partial charge is 0.334 e. The molecule has 0 radical (unpaired) electrons. The van der Waals surface area contributed by atoms with Crippen molar-refractivity contribution >= 4 is 11.7 Å². The minimum atomic E-state index is -0.427. The van der Waals surface area contributed by atoms with Crippen LogP contribution >= 0.6 is 0 Å². The van der Waals surface area contributed by atoms with Crippen molar-refractivity contribution in [2.45, 2.75) is 25.8 Å². The topological polar surface area (TPSA) is 37.4 Å².